The number of nitro groups is 1. The summed E-state index contributed by atoms with van der Waals surface area (Å²) in [6.07, 6.45) is 2.74. The van der Waals surface area contributed by atoms with Crippen molar-refractivity contribution >= 4 is 23.2 Å². The van der Waals surface area contributed by atoms with Gasteiger partial charge in [0.05, 0.1) is 22.4 Å². The molecule has 2 saturated carbocycles. The predicted molar refractivity (Wildman–Crippen MR) is 73.4 cm³/mol. The van der Waals surface area contributed by atoms with E-state index in [-0.39, 0.29) is 35.0 Å². The van der Waals surface area contributed by atoms with Gasteiger partial charge in [-0.15, -0.1) is 0 Å². The Balaban J connectivity index is 1.78. The number of carbonyl (C=O) groups excluding carboxylic acids is 2. The van der Waals surface area contributed by atoms with Crippen molar-refractivity contribution in [2.75, 3.05) is 4.90 Å². The Kier molecular flexibility index (Phi) is 2.64. The van der Waals surface area contributed by atoms with Crippen molar-refractivity contribution in [3.05, 3.63) is 34.1 Å². The Morgan fingerprint density at radius 2 is 1.73 bits per heavy atom. The van der Waals surface area contributed by atoms with Gasteiger partial charge in [0.1, 0.15) is 5.82 Å². The number of rotatable bonds is 2. The lowest BCUT2D eigenvalue weighted by Crippen LogP contribution is -2.33. The standard InChI is InChI=1S/C15H13FN2O4/c16-10-4-3-9(18(21)22)6-11(10)17-14(19)12-7-1-2-8(5-7)13(12)15(17)20/h3-4,6-8,12-13H,1-2,5H2/t7-,8-,12-,13-/m0/s1. The number of anilines is 1. The van der Waals surface area contributed by atoms with Crippen molar-refractivity contribution in [1.29, 1.82) is 0 Å². The van der Waals surface area contributed by atoms with Crippen molar-refractivity contribution in [1.82, 2.24) is 0 Å². The first-order chi connectivity index (χ1) is 10.5. The molecule has 0 N–H and O–H groups in total. The number of fused-ring (bicyclic) bond motifs is 5. The fourth-order valence-corrected chi connectivity index (χ4v) is 4.43. The van der Waals surface area contributed by atoms with E-state index >= 15 is 0 Å². The summed E-state index contributed by atoms with van der Waals surface area (Å²) < 4.78 is 14.0. The number of imide groups is 1. The van der Waals surface area contributed by atoms with Gasteiger partial charge < -0.3 is 0 Å². The monoisotopic (exact) mass is 304 g/mol. The van der Waals surface area contributed by atoms with E-state index < -0.39 is 22.6 Å². The number of nitro benzene ring substituents is 1. The molecule has 2 amide bonds. The Morgan fingerprint density at radius 3 is 2.27 bits per heavy atom. The number of hydrogen-bond donors (Lipinski definition) is 0. The molecule has 0 spiro atoms. The van der Waals surface area contributed by atoms with E-state index in [0.29, 0.717) is 0 Å². The highest BCUT2D eigenvalue weighted by molar-refractivity contribution is 6.22. The fourth-order valence-electron chi connectivity index (χ4n) is 4.43. The Hall–Kier alpha value is -2.31. The summed E-state index contributed by atoms with van der Waals surface area (Å²) in [5.74, 6) is -1.95. The van der Waals surface area contributed by atoms with Gasteiger partial charge in [-0.05, 0) is 37.2 Å². The maximum absolute atomic E-state index is 14.0. The van der Waals surface area contributed by atoms with Gasteiger partial charge in [-0.3, -0.25) is 19.7 Å². The molecule has 3 aliphatic rings. The van der Waals surface area contributed by atoms with Crippen molar-refractivity contribution < 1.29 is 18.9 Å². The number of benzene rings is 1. The van der Waals surface area contributed by atoms with Crippen molar-refractivity contribution in [3.8, 4) is 0 Å². The molecule has 1 aliphatic heterocycles. The van der Waals surface area contributed by atoms with Gasteiger partial charge in [-0.2, -0.15) is 0 Å². The number of amides is 2. The van der Waals surface area contributed by atoms with Crippen LogP contribution in [0, 0.1) is 39.6 Å². The van der Waals surface area contributed by atoms with Gasteiger partial charge in [-0.1, -0.05) is 0 Å². The van der Waals surface area contributed by atoms with Crippen LogP contribution in [0.25, 0.3) is 0 Å². The molecule has 1 saturated heterocycles. The largest absolute Gasteiger partial charge is 0.274 e. The van der Waals surface area contributed by atoms with Crippen LogP contribution in [-0.4, -0.2) is 16.7 Å². The van der Waals surface area contributed by atoms with Crippen LogP contribution in [0.3, 0.4) is 0 Å². The van der Waals surface area contributed by atoms with E-state index in [0.717, 1.165) is 42.4 Å². The first-order valence-corrected chi connectivity index (χ1v) is 7.31. The molecule has 22 heavy (non-hydrogen) atoms. The molecule has 7 heteroatoms. The first kappa shape index (κ1) is 13.4. The smallest absolute Gasteiger partial charge is 0.271 e. The van der Waals surface area contributed by atoms with Gasteiger partial charge in [0.2, 0.25) is 11.8 Å². The molecular formula is C15H13FN2O4. The molecule has 1 heterocycles. The number of non-ortho nitro benzene ring substituents is 1. The van der Waals surface area contributed by atoms with Gasteiger partial charge in [0.15, 0.2) is 0 Å². The molecule has 2 aliphatic carbocycles. The summed E-state index contributed by atoms with van der Waals surface area (Å²) >= 11 is 0. The second-order valence-electron chi connectivity index (χ2n) is 6.29. The van der Waals surface area contributed by atoms with Gasteiger partial charge in [0.25, 0.3) is 5.69 Å². The van der Waals surface area contributed by atoms with Crippen LogP contribution < -0.4 is 4.90 Å². The van der Waals surface area contributed by atoms with Crippen LogP contribution in [0.1, 0.15) is 19.3 Å². The first-order valence-electron chi connectivity index (χ1n) is 7.31. The SMILES string of the molecule is O=C1[C@H]2[C@H]3CC[C@@H](C3)[C@@H]2C(=O)N1c1cc([N+](=O)[O-])ccc1F. The average Bonchev–Trinajstić information content (AvgIpc) is 3.14. The predicted octanol–water partition coefficient (Wildman–Crippen LogP) is 2.27. The summed E-state index contributed by atoms with van der Waals surface area (Å²) in [7, 11) is 0. The average molecular weight is 304 g/mol. The maximum atomic E-state index is 14.0. The number of halogens is 1. The second-order valence-corrected chi connectivity index (χ2v) is 6.29. The lowest BCUT2D eigenvalue weighted by Gasteiger charge is -2.19. The van der Waals surface area contributed by atoms with E-state index in [1.165, 1.54) is 0 Å². The molecule has 114 valence electrons. The quantitative estimate of drug-likeness (QED) is 0.477. The third-order valence-electron chi connectivity index (χ3n) is 5.31. The zero-order chi connectivity index (χ0) is 15.6. The summed E-state index contributed by atoms with van der Waals surface area (Å²) in [6.45, 7) is 0. The molecular weight excluding hydrogens is 291 g/mol. The summed E-state index contributed by atoms with van der Waals surface area (Å²) in [6, 6.07) is 2.92. The third kappa shape index (κ3) is 1.59. The molecule has 1 aromatic rings. The zero-order valence-electron chi connectivity index (χ0n) is 11.6. The van der Waals surface area contributed by atoms with Crippen LogP contribution in [0.4, 0.5) is 15.8 Å². The Bertz CT molecular complexity index is 691. The summed E-state index contributed by atoms with van der Waals surface area (Å²) in [5, 5.41) is 10.8. The molecule has 0 radical (unpaired) electrons. The summed E-state index contributed by atoms with van der Waals surface area (Å²) in [5.41, 5.74) is -0.630. The number of carbonyl (C=O) groups is 2. The molecule has 1 aromatic carbocycles. The highest BCUT2D eigenvalue weighted by atomic mass is 19.1. The van der Waals surface area contributed by atoms with Crippen molar-refractivity contribution in [3.63, 3.8) is 0 Å². The number of hydrogen-bond acceptors (Lipinski definition) is 4. The molecule has 4 rings (SSSR count). The second kappa shape index (κ2) is 4.34. The minimum Gasteiger partial charge on any atom is -0.274 e. The van der Waals surface area contributed by atoms with Gasteiger partial charge in [-0.25, -0.2) is 9.29 Å². The van der Waals surface area contributed by atoms with Crippen LogP contribution >= 0.6 is 0 Å². The molecule has 0 aromatic heterocycles. The van der Waals surface area contributed by atoms with E-state index in [9.17, 15) is 24.1 Å². The van der Waals surface area contributed by atoms with Crippen LogP contribution in [0.2, 0.25) is 0 Å². The highest BCUT2D eigenvalue weighted by Crippen LogP contribution is 2.56. The lowest BCUT2D eigenvalue weighted by molar-refractivity contribution is -0.384. The van der Waals surface area contributed by atoms with Crippen LogP contribution in [-0.2, 0) is 9.59 Å². The maximum Gasteiger partial charge on any atom is 0.271 e. The summed E-state index contributed by atoms with van der Waals surface area (Å²) in [4.78, 5) is 36.2. The van der Waals surface area contributed by atoms with Crippen molar-refractivity contribution in [2.45, 2.75) is 19.3 Å². The van der Waals surface area contributed by atoms with Crippen LogP contribution in [0.5, 0.6) is 0 Å². The minimum absolute atomic E-state index is 0.193. The van der Waals surface area contributed by atoms with E-state index in [1.54, 1.807) is 0 Å². The zero-order valence-corrected chi connectivity index (χ0v) is 11.6. The minimum atomic E-state index is -0.792. The fraction of sp³-hybridized carbons (Fsp3) is 0.467. The van der Waals surface area contributed by atoms with E-state index in [1.807, 2.05) is 0 Å². The lowest BCUT2D eigenvalue weighted by atomic mass is 9.81. The molecule has 0 unspecified atom stereocenters. The van der Waals surface area contributed by atoms with Gasteiger partial charge in [0, 0.05) is 12.1 Å². The normalized spacial score (nSPS) is 32.7. The molecule has 2 bridgehead atoms. The Morgan fingerprint density at radius 1 is 1.14 bits per heavy atom. The van der Waals surface area contributed by atoms with E-state index in [2.05, 4.69) is 0 Å². The van der Waals surface area contributed by atoms with Gasteiger partial charge >= 0.3 is 0 Å². The third-order valence-corrected chi connectivity index (χ3v) is 5.31. The molecule has 4 atom stereocenters. The number of nitrogens with zero attached hydrogens (tertiary/aromatic N) is 2. The Labute approximate surface area is 125 Å². The van der Waals surface area contributed by atoms with Crippen LogP contribution in [0.15, 0.2) is 18.2 Å². The topological polar surface area (TPSA) is 80.5 Å². The molecule has 6 nitrogen and oxygen atoms in total. The highest BCUT2D eigenvalue weighted by Gasteiger charge is 2.61. The van der Waals surface area contributed by atoms with Crippen molar-refractivity contribution in [2.24, 2.45) is 23.7 Å². The molecule has 3 fully saturated rings. The van der Waals surface area contributed by atoms with E-state index in [4.69, 9.17) is 0 Å².